The van der Waals surface area contributed by atoms with Gasteiger partial charge in [-0.2, -0.15) is 0 Å². The molecule has 104 valence electrons. The van der Waals surface area contributed by atoms with Gasteiger partial charge in [0.25, 0.3) is 0 Å². The Morgan fingerprint density at radius 3 is 2.28 bits per heavy atom. The van der Waals surface area contributed by atoms with E-state index in [4.69, 9.17) is 9.84 Å². The summed E-state index contributed by atoms with van der Waals surface area (Å²) in [6.07, 6.45) is 0.633. The second-order valence-electron chi connectivity index (χ2n) is 3.98. The van der Waals surface area contributed by atoms with E-state index in [1.807, 2.05) is 6.92 Å². The third-order valence-corrected chi connectivity index (χ3v) is 2.60. The molecule has 0 aromatic heterocycles. The molecule has 6 nitrogen and oxygen atoms in total. The summed E-state index contributed by atoms with van der Waals surface area (Å²) >= 11 is 0. The summed E-state index contributed by atoms with van der Waals surface area (Å²) in [5.41, 5.74) is 0. The van der Waals surface area contributed by atoms with E-state index in [0.717, 1.165) is 0 Å². The van der Waals surface area contributed by atoms with Crippen molar-refractivity contribution in [3.8, 4) is 0 Å². The second kappa shape index (κ2) is 8.49. The standard InChI is InChI=1S/C12H21NO5/c1-4-9(3)13(8-11(15)16)10(14)6-7-12(17)18-5-2/h9H,4-8H2,1-3H3,(H,15,16). The normalized spacial score (nSPS) is 11.7. The number of carbonyl (C=O) groups excluding carboxylic acids is 2. The van der Waals surface area contributed by atoms with Gasteiger partial charge in [0.1, 0.15) is 6.54 Å². The van der Waals surface area contributed by atoms with E-state index in [1.54, 1.807) is 13.8 Å². The number of ether oxygens (including phenoxy) is 1. The van der Waals surface area contributed by atoms with Gasteiger partial charge in [0.15, 0.2) is 0 Å². The van der Waals surface area contributed by atoms with E-state index in [1.165, 1.54) is 4.90 Å². The molecule has 0 fully saturated rings. The molecule has 0 radical (unpaired) electrons. The van der Waals surface area contributed by atoms with Gasteiger partial charge in [-0.25, -0.2) is 0 Å². The highest BCUT2D eigenvalue weighted by molar-refractivity contribution is 5.84. The van der Waals surface area contributed by atoms with Crippen molar-refractivity contribution in [1.29, 1.82) is 0 Å². The van der Waals surface area contributed by atoms with Crippen molar-refractivity contribution < 1.29 is 24.2 Å². The smallest absolute Gasteiger partial charge is 0.323 e. The molecule has 1 atom stereocenters. The van der Waals surface area contributed by atoms with E-state index >= 15 is 0 Å². The Labute approximate surface area is 107 Å². The van der Waals surface area contributed by atoms with Gasteiger partial charge in [-0.05, 0) is 20.3 Å². The van der Waals surface area contributed by atoms with Crippen LogP contribution in [0, 0.1) is 0 Å². The highest BCUT2D eigenvalue weighted by Gasteiger charge is 2.22. The third kappa shape index (κ3) is 6.22. The van der Waals surface area contributed by atoms with Crippen LogP contribution in [0.25, 0.3) is 0 Å². The number of carbonyl (C=O) groups is 3. The number of hydrogen-bond acceptors (Lipinski definition) is 4. The quantitative estimate of drug-likeness (QED) is 0.658. The topological polar surface area (TPSA) is 83.9 Å². The Bertz CT molecular complexity index is 303. The van der Waals surface area contributed by atoms with Crippen LogP contribution in [-0.4, -0.2) is 47.0 Å². The molecule has 0 aliphatic rings. The van der Waals surface area contributed by atoms with Crippen LogP contribution in [0.1, 0.15) is 40.0 Å². The van der Waals surface area contributed by atoms with Crippen LogP contribution in [0.3, 0.4) is 0 Å². The summed E-state index contributed by atoms with van der Waals surface area (Å²) in [5, 5.41) is 8.75. The largest absolute Gasteiger partial charge is 0.480 e. The van der Waals surface area contributed by atoms with Crippen molar-refractivity contribution in [1.82, 2.24) is 4.90 Å². The first kappa shape index (κ1) is 16.4. The molecular formula is C12H21NO5. The lowest BCUT2D eigenvalue weighted by Gasteiger charge is -2.26. The minimum absolute atomic E-state index is 0.0147. The van der Waals surface area contributed by atoms with E-state index in [2.05, 4.69) is 0 Å². The Balaban J connectivity index is 4.38. The van der Waals surface area contributed by atoms with Crippen molar-refractivity contribution in [3.05, 3.63) is 0 Å². The van der Waals surface area contributed by atoms with E-state index < -0.39 is 11.9 Å². The zero-order valence-corrected chi connectivity index (χ0v) is 11.1. The summed E-state index contributed by atoms with van der Waals surface area (Å²) < 4.78 is 4.71. The molecule has 0 aliphatic heterocycles. The molecule has 0 bridgehead atoms. The molecule has 1 unspecified atom stereocenters. The second-order valence-corrected chi connectivity index (χ2v) is 3.98. The van der Waals surface area contributed by atoms with Crippen LogP contribution < -0.4 is 0 Å². The first-order valence-electron chi connectivity index (χ1n) is 6.09. The molecule has 0 aromatic rings. The van der Waals surface area contributed by atoms with Crippen LogP contribution in [0.15, 0.2) is 0 Å². The number of esters is 1. The molecule has 6 heteroatoms. The zero-order valence-electron chi connectivity index (χ0n) is 11.1. The first-order chi connectivity index (χ1) is 8.42. The lowest BCUT2D eigenvalue weighted by molar-refractivity contribution is -0.148. The van der Waals surface area contributed by atoms with Gasteiger partial charge in [-0.3, -0.25) is 14.4 Å². The third-order valence-electron chi connectivity index (χ3n) is 2.60. The van der Waals surface area contributed by atoms with Crippen molar-refractivity contribution in [2.75, 3.05) is 13.2 Å². The fraction of sp³-hybridized carbons (Fsp3) is 0.750. The number of carboxylic acids is 1. The minimum atomic E-state index is -1.06. The minimum Gasteiger partial charge on any atom is -0.480 e. The number of aliphatic carboxylic acids is 1. The Hall–Kier alpha value is -1.59. The van der Waals surface area contributed by atoms with Crippen LogP contribution in [0.4, 0.5) is 0 Å². The number of hydrogen-bond donors (Lipinski definition) is 1. The monoisotopic (exact) mass is 259 g/mol. The van der Waals surface area contributed by atoms with Gasteiger partial charge >= 0.3 is 11.9 Å². The summed E-state index contributed by atoms with van der Waals surface area (Å²) in [6, 6.07) is -0.157. The van der Waals surface area contributed by atoms with Crippen LogP contribution in [0.5, 0.6) is 0 Å². The van der Waals surface area contributed by atoms with Gasteiger partial charge in [0.2, 0.25) is 5.91 Å². The van der Waals surface area contributed by atoms with E-state index in [0.29, 0.717) is 6.42 Å². The van der Waals surface area contributed by atoms with Crippen LogP contribution in [0.2, 0.25) is 0 Å². The maximum absolute atomic E-state index is 11.8. The fourth-order valence-corrected chi connectivity index (χ4v) is 1.44. The average molecular weight is 259 g/mol. The molecular weight excluding hydrogens is 238 g/mol. The van der Waals surface area contributed by atoms with Gasteiger partial charge < -0.3 is 14.7 Å². The van der Waals surface area contributed by atoms with E-state index in [9.17, 15) is 14.4 Å². The summed E-state index contributed by atoms with van der Waals surface area (Å²) in [5.74, 6) is -1.83. The summed E-state index contributed by atoms with van der Waals surface area (Å²) in [4.78, 5) is 34.9. The van der Waals surface area contributed by atoms with Crippen LogP contribution >= 0.6 is 0 Å². The van der Waals surface area contributed by atoms with E-state index in [-0.39, 0.29) is 37.9 Å². The average Bonchev–Trinajstić information content (AvgIpc) is 2.32. The molecule has 1 amide bonds. The molecule has 0 rings (SSSR count). The molecule has 1 N–H and O–H groups in total. The molecule has 0 saturated heterocycles. The SMILES string of the molecule is CCOC(=O)CCC(=O)N(CC(=O)O)C(C)CC. The van der Waals surface area contributed by atoms with Crippen molar-refractivity contribution >= 4 is 17.8 Å². The Morgan fingerprint density at radius 2 is 1.83 bits per heavy atom. The molecule has 0 aliphatic carbocycles. The number of nitrogens with zero attached hydrogens (tertiary/aromatic N) is 1. The van der Waals surface area contributed by atoms with Crippen molar-refractivity contribution in [2.24, 2.45) is 0 Å². The molecule has 0 spiro atoms. The lowest BCUT2D eigenvalue weighted by atomic mass is 10.2. The Morgan fingerprint density at radius 1 is 1.22 bits per heavy atom. The summed E-state index contributed by atoms with van der Waals surface area (Å²) in [6.45, 7) is 5.28. The van der Waals surface area contributed by atoms with Gasteiger partial charge in [-0.1, -0.05) is 6.92 Å². The van der Waals surface area contributed by atoms with Gasteiger partial charge in [0.05, 0.1) is 13.0 Å². The number of amides is 1. The highest BCUT2D eigenvalue weighted by atomic mass is 16.5. The first-order valence-corrected chi connectivity index (χ1v) is 6.09. The highest BCUT2D eigenvalue weighted by Crippen LogP contribution is 2.07. The van der Waals surface area contributed by atoms with Crippen molar-refractivity contribution in [2.45, 2.75) is 46.1 Å². The maximum Gasteiger partial charge on any atom is 0.323 e. The number of rotatable bonds is 8. The van der Waals surface area contributed by atoms with Crippen molar-refractivity contribution in [3.63, 3.8) is 0 Å². The molecule has 18 heavy (non-hydrogen) atoms. The zero-order chi connectivity index (χ0) is 14.1. The lowest BCUT2D eigenvalue weighted by Crippen LogP contribution is -2.41. The van der Waals surface area contributed by atoms with Gasteiger partial charge in [-0.15, -0.1) is 0 Å². The van der Waals surface area contributed by atoms with Crippen LogP contribution in [-0.2, 0) is 19.1 Å². The predicted octanol–water partition coefficient (Wildman–Crippen LogP) is 1.04. The molecule has 0 saturated carbocycles. The predicted molar refractivity (Wildman–Crippen MR) is 65.0 cm³/mol. The fourth-order valence-electron chi connectivity index (χ4n) is 1.44. The maximum atomic E-state index is 11.8. The molecule has 0 aromatic carbocycles. The van der Waals surface area contributed by atoms with Gasteiger partial charge in [0, 0.05) is 12.5 Å². The summed E-state index contributed by atoms with van der Waals surface area (Å²) in [7, 11) is 0. The Kier molecular flexibility index (Phi) is 7.74. The number of carboxylic acid groups (broad SMARTS) is 1. The molecule has 0 heterocycles.